The lowest BCUT2D eigenvalue weighted by Crippen LogP contribution is -2.36. The molecule has 0 bridgehead atoms. The molecule has 0 heterocycles. The van der Waals surface area contributed by atoms with Crippen LogP contribution < -0.4 is 0 Å². The first kappa shape index (κ1) is 28.9. The van der Waals surface area contributed by atoms with Crippen molar-refractivity contribution in [3.8, 4) is 0 Å². The average Bonchev–Trinajstić information content (AvgIpc) is 2.91. The lowest BCUT2D eigenvalue weighted by molar-refractivity contribution is -0.158. The Balaban J connectivity index is 1.75. The number of carbonyl (C=O) groups excluding carboxylic acids is 2. The van der Waals surface area contributed by atoms with Gasteiger partial charge in [-0.15, -0.1) is 0 Å². The molecule has 0 saturated heterocycles. The van der Waals surface area contributed by atoms with Crippen molar-refractivity contribution in [3.05, 3.63) is 106 Å². The summed E-state index contributed by atoms with van der Waals surface area (Å²) in [5.41, 5.74) is 2.32. The first-order valence-corrected chi connectivity index (χ1v) is 14.6. The van der Waals surface area contributed by atoms with E-state index in [0.717, 1.165) is 11.1 Å². The predicted octanol–water partition coefficient (Wildman–Crippen LogP) is 8.73. The molecule has 0 aromatic heterocycles. The molecule has 206 valence electrons. The zero-order valence-corrected chi connectivity index (χ0v) is 23.8. The van der Waals surface area contributed by atoms with Gasteiger partial charge in [0.15, 0.2) is 5.60 Å². The number of halogens is 1. The number of hydrogen-bond donors (Lipinski definition) is 0. The molecule has 0 amide bonds. The summed E-state index contributed by atoms with van der Waals surface area (Å²) in [5, 5.41) is 0.498. The third kappa shape index (κ3) is 7.30. The SMILES string of the molecule is CC(C)OC(=O)CCC(=O)OC(c1ccccc1)(c1ccc(C2CCCCCCC2)cc1)c1ccccc1Cl. The highest BCUT2D eigenvalue weighted by Crippen LogP contribution is 2.44. The highest BCUT2D eigenvalue weighted by molar-refractivity contribution is 6.31. The smallest absolute Gasteiger partial charge is 0.307 e. The standard InChI is InChI=1S/C34H39ClO4/c1-25(2)38-32(36)23-24-33(37)39-34(28-15-9-6-10-16-28,30-17-11-12-18-31(30)35)29-21-19-27(20-22-29)26-13-7-4-3-5-8-14-26/h6,9-12,15-22,25-26H,3-5,7-8,13-14,23-24H2,1-2H3. The Morgan fingerprint density at radius 1 is 0.769 bits per heavy atom. The summed E-state index contributed by atoms with van der Waals surface area (Å²) >= 11 is 6.80. The first-order valence-electron chi connectivity index (χ1n) is 14.2. The van der Waals surface area contributed by atoms with E-state index in [4.69, 9.17) is 21.1 Å². The molecule has 0 radical (unpaired) electrons. The van der Waals surface area contributed by atoms with Crippen molar-refractivity contribution in [1.29, 1.82) is 0 Å². The van der Waals surface area contributed by atoms with Gasteiger partial charge >= 0.3 is 11.9 Å². The third-order valence-corrected chi connectivity index (χ3v) is 7.82. The molecule has 0 spiro atoms. The van der Waals surface area contributed by atoms with Crippen LogP contribution in [0.2, 0.25) is 5.02 Å². The van der Waals surface area contributed by atoms with Crippen molar-refractivity contribution < 1.29 is 19.1 Å². The maximum Gasteiger partial charge on any atom is 0.307 e. The number of esters is 2. The van der Waals surface area contributed by atoms with Gasteiger partial charge in [0, 0.05) is 21.7 Å². The van der Waals surface area contributed by atoms with E-state index in [0.29, 0.717) is 16.5 Å². The molecule has 1 aliphatic rings. The summed E-state index contributed by atoms with van der Waals surface area (Å²) in [4.78, 5) is 25.6. The largest absolute Gasteiger partial charge is 0.463 e. The lowest BCUT2D eigenvalue weighted by Gasteiger charge is -2.36. The minimum Gasteiger partial charge on any atom is -0.463 e. The molecule has 4 rings (SSSR count). The van der Waals surface area contributed by atoms with E-state index >= 15 is 0 Å². The topological polar surface area (TPSA) is 52.6 Å². The minimum absolute atomic E-state index is 0.0506. The molecule has 3 aromatic rings. The molecule has 1 unspecified atom stereocenters. The summed E-state index contributed by atoms with van der Waals surface area (Å²) in [7, 11) is 0. The normalized spacial score (nSPS) is 16.1. The van der Waals surface area contributed by atoms with Crippen molar-refractivity contribution in [1.82, 2.24) is 0 Å². The highest BCUT2D eigenvalue weighted by atomic mass is 35.5. The number of carbonyl (C=O) groups is 2. The molecule has 1 saturated carbocycles. The molecule has 1 aliphatic carbocycles. The van der Waals surface area contributed by atoms with Crippen LogP contribution in [0.15, 0.2) is 78.9 Å². The predicted molar refractivity (Wildman–Crippen MR) is 156 cm³/mol. The fourth-order valence-corrected chi connectivity index (χ4v) is 5.87. The van der Waals surface area contributed by atoms with Gasteiger partial charge in [0.1, 0.15) is 0 Å². The Morgan fingerprint density at radius 2 is 1.33 bits per heavy atom. The van der Waals surface area contributed by atoms with E-state index in [-0.39, 0.29) is 18.9 Å². The van der Waals surface area contributed by atoms with E-state index in [1.165, 1.54) is 50.5 Å². The lowest BCUT2D eigenvalue weighted by atomic mass is 9.78. The van der Waals surface area contributed by atoms with Crippen molar-refractivity contribution in [2.24, 2.45) is 0 Å². The Hall–Kier alpha value is -3.11. The second-order valence-electron chi connectivity index (χ2n) is 10.7. The van der Waals surface area contributed by atoms with Crippen molar-refractivity contribution in [2.75, 3.05) is 0 Å². The van der Waals surface area contributed by atoms with Gasteiger partial charge in [-0.3, -0.25) is 9.59 Å². The number of ether oxygens (including phenoxy) is 2. The Labute approximate surface area is 237 Å². The summed E-state index contributed by atoms with van der Waals surface area (Å²) in [5.74, 6) is -0.377. The summed E-state index contributed by atoms with van der Waals surface area (Å²) in [6, 6.07) is 25.7. The Bertz CT molecular complexity index is 1210. The van der Waals surface area contributed by atoms with Crippen LogP contribution in [0, 0.1) is 0 Å². The molecule has 1 fully saturated rings. The maximum absolute atomic E-state index is 13.4. The second-order valence-corrected chi connectivity index (χ2v) is 11.1. The summed E-state index contributed by atoms with van der Waals surface area (Å²) < 4.78 is 11.6. The monoisotopic (exact) mass is 546 g/mol. The van der Waals surface area contributed by atoms with Crippen LogP contribution in [0.5, 0.6) is 0 Å². The molecule has 39 heavy (non-hydrogen) atoms. The summed E-state index contributed by atoms with van der Waals surface area (Å²) in [6.07, 6.45) is 8.49. The number of benzene rings is 3. The number of rotatable bonds is 9. The van der Waals surface area contributed by atoms with E-state index in [1.54, 1.807) is 13.8 Å². The van der Waals surface area contributed by atoms with Crippen molar-refractivity contribution >= 4 is 23.5 Å². The van der Waals surface area contributed by atoms with Crippen molar-refractivity contribution in [3.63, 3.8) is 0 Å². The van der Waals surface area contributed by atoms with Crippen LogP contribution in [0.3, 0.4) is 0 Å². The summed E-state index contributed by atoms with van der Waals surface area (Å²) in [6.45, 7) is 3.57. The molecular formula is C34H39ClO4. The van der Waals surface area contributed by atoms with Gasteiger partial charge in [0.25, 0.3) is 0 Å². The van der Waals surface area contributed by atoms with Crippen LogP contribution in [0.1, 0.15) is 99.8 Å². The molecule has 0 aliphatic heterocycles. The zero-order chi connectivity index (χ0) is 27.7. The van der Waals surface area contributed by atoms with Gasteiger partial charge in [-0.05, 0) is 44.2 Å². The first-order chi connectivity index (χ1) is 18.9. The molecule has 5 heteroatoms. The van der Waals surface area contributed by atoms with E-state index in [9.17, 15) is 9.59 Å². The molecule has 0 N–H and O–H groups in total. The highest BCUT2D eigenvalue weighted by Gasteiger charge is 2.42. The van der Waals surface area contributed by atoms with Gasteiger partial charge in [-0.1, -0.05) is 117 Å². The Kier molecular flexibility index (Phi) is 10.2. The van der Waals surface area contributed by atoms with Gasteiger partial charge in [0.05, 0.1) is 18.9 Å². The van der Waals surface area contributed by atoms with E-state index in [2.05, 4.69) is 24.3 Å². The zero-order valence-electron chi connectivity index (χ0n) is 23.0. The fourth-order valence-electron chi connectivity index (χ4n) is 5.60. The second kappa shape index (κ2) is 13.8. The fraction of sp³-hybridized carbons (Fsp3) is 0.412. The van der Waals surface area contributed by atoms with Crippen LogP contribution >= 0.6 is 11.6 Å². The third-order valence-electron chi connectivity index (χ3n) is 7.49. The van der Waals surface area contributed by atoms with Crippen molar-refractivity contribution in [2.45, 2.75) is 89.3 Å². The molecule has 4 nitrogen and oxygen atoms in total. The molecule has 3 aromatic carbocycles. The Morgan fingerprint density at radius 3 is 1.97 bits per heavy atom. The van der Waals surface area contributed by atoms with E-state index in [1.807, 2.05) is 54.6 Å². The van der Waals surface area contributed by atoms with Crippen LogP contribution in [-0.4, -0.2) is 18.0 Å². The van der Waals surface area contributed by atoms with Gasteiger partial charge < -0.3 is 9.47 Å². The quantitative estimate of drug-likeness (QED) is 0.199. The van der Waals surface area contributed by atoms with E-state index < -0.39 is 17.5 Å². The minimum atomic E-state index is -1.28. The van der Waals surface area contributed by atoms with Crippen LogP contribution in [0.4, 0.5) is 0 Å². The molecule has 1 atom stereocenters. The van der Waals surface area contributed by atoms with Crippen LogP contribution in [0.25, 0.3) is 0 Å². The number of hydrogen-bond acceptors (Lipinski definition) is 4. The van der Waals surface area contributed by atoms with Gasteiger partial charge in [0.2, 0.25) is 0 Å². The van der Waals surface area contributed by atoms with Gasteiger partial charge in [-0.25, -0.2) is 0 Å². The van der Waals surface area contributed by atoms with Gasteiger partial charge in [-0.2, -0.15) is 0 Å². The maximum atomic E-state index is 13.4. The molecular weight excluding hydrogens is 508 g/mol. The van der Waals surface area contributed by atoms with Crippen LogP contribution in [-0.2, 0) is 24.7 Å². The average molecular weight is 547 g/mol.